The Balaban J connectivity index is 1.88. The summed E-state index contributed by atoms with van der Waals surface area (Å²) >= 11 is 18.6. The molecule has 1 saturated heterocycles. The zero-order valence-corrected chi connectivity index (χ0v) is 19.3. The monoisotopic (exact) mass is 522 g/mol. The van der Waals surface area contributed by atoms with Crippen molar-refractivity contribution in [3.63, 3.8) is 0 Å². The van der Waals surface area contributed by atoms with Crippen molar-refractivity contribution >= 4 is 40.8 Å². The Bertz CT molecular complexity index is 980. The number of carboxylic acid groups (broad SMARTS) is 1. The first-order valence-electron chi connectivity index (χ1n) is 9.56. The predicted octanol–water partition coefficient (Wildman–Crippen LogP) is 2.17. The van der Waals surface area contributed by atoms with Gasteiger partial charge in [-0.1, -0.05) is 53.0 Å². The summed E-state index contributed by atoms with van der Waals surface area (Å²) in [6.07, 6.45) is -9.05. The lowest BCUT2D eigenvalue weighted by Crippen LogP contribution is -2.61. The van der Waals surface area contributed by atoms with E-state index in [0.29, 0.717) is 16.9 Å². The Kier molecular flexibility index (Phi) is 7.85. The summed E-state index contributed by atoms with van der Waals surface area (Å²) in [5.41, 5.74) is 1.03. The van der Waals surface area contributed by atoms with Gasteiger partial charge in [0.2, 0.25) is 10.1 Å². The molecule has 1 heterocycles. The molecule has 3 rings (SSSR count). The van der Waals surface area contributed by atoms with Crippen molar-refractivity contribution in [2.45, 2.75) is 40.4 Å². The number of rotatable bonds is 6. The van der Waals surface area contributed by atoms with E-state index >= 15 is 0 Å². The normalized spacial score (nSPS) is 26.5. The second-order valence-electron chi connectivity index (χ2n) is 7.33. The molecule has 5 N–H and O–H groups in total. The van der Waals surface area contributed by atoms with Gasteiger partial charge in [0.25, 0.3) is 0 Å². The number of aliphatic hydroxyl groups is 3. The Labute approximate surface area is 203 Å². The van der Waals surface area contributed by atoms with Gasteiger partial charge >= 0.3 is 5.97 Å². The lowest BCUT2D eigenvalue weighted by Gasteiger charge is -2.38. The Hall–Kier alpha value is -1.98. The summed E-state index contributed by atoms with van der Waals surface area (Å²) in [5, 5.41) is 49.4. The third kappa shape index (κ3) is 5.58. The minimum atomic E-state index is -1.87. The van der Waals surface area contributed by atoms with Crippen molar-refractivity contribution in [2.24, 2.45) is 0 Å². The number of alkyl halides is 3. The van der Waals surface area contributed by atoms with Crippen molar-refractivity contribution in [3.05, 3.63) is 53.6 Å². The largest absolute Gasteiger partial charge is 0.504 e. The third-order valence-electron chi connectivity index (χ3n) is 5.15. The van der Waals surface area contributed by atoms with E-state index in [1.807, 2.05) is 0 Å². The van der Waals surface area contributed by atoms with Crippen LogP contribution in [0.3, 0.4) is 0 Å². The number of aliphatic hydroxyl groups excluding tert-OH is 3. The average molecular weight is 524 g/mol. The number of benzene rings is 2. The van der Waals surface area contributed by atoms with Crippen LogP contribution in [0, 0.1) is 0 Å². The van der Waals surface area contributed by atoms with E-state index in [1.54, 1.807) is 24.3 Å². The number of phenols is 1. The highest BCUT2D eigenvalue weighted by molar-refractivity contribution is 6.68. The summed E-state index contributed by atoms with van der Waals surface area (Å²) in [5.74, 6) is -2.38. The number of carboxylic acids is 1. The van der Waals surface area contributed by atoms with Crippen LogP contribution in [0.1, 0.15) is 17.0 Å². The molecule has 0 radical (unpaired) electrons. The molecule has 12 heteroatoms. The van der Waals surface area contributed by atoms with Crippen LogP contribution in [-0.4, -0.2) is 73.1 Å². The van der Waals surface area contributed by atoms with Crippen LogP contribution in [0.2, 0.25) is 0 Å². The molecule has 0 saturated carbocycles. The summed E-state index contributed by atoms with van der Waals surface area (Å²) in [4.78, 5) is 11.2. The van der Waals surface area contributed by atoms with Gasteiger partial charge in [-0.2, -0.15) is 0 Å². The zero-order valence-electron chi connectivity index (χ0n) is 17.0. The van der Waals surface area contributed by atoms with Gasteiger partial charge < -0.3 is 39.7 Å². The topological polar surface area (TPSA) is 146 Å². The van der Waals surface area contributed by atoms with E-state index in [9.17, 15) is 25.2 Å². The first kappa shape index (κ1) is 25.6. The number of phenolic OH excluding ortho intramolecular Hbond substituents is 1. The molecule has 1 aliphatic heterocycles. The van der Waals surface area contributed by atoms with Gasteiger partial charge in [0.15, 0.2) is 17.6 Å². The molecule has 0 aliphatic carbocycles. The van der Waals surface area contributed by atoms with E-state index in [1.165, 1.54) is 25.3 Å². The number of halogens is 3. The molecule has 0 spiro atoms. The Morgan fingerprint density at radius 3 is 2.12 bits per heavy atom. The number of ether oxygens (including phenoxy) is 3. The lowest BCUT2D eigenvalue weighted by atomic mass is 9.92. The molecular weight excluding hydrogens is 503 g/mol. The van der Waals surface area contributed by atoms with Crippen LogP contribution in [0.4, 0.5) is 0 Å². The SMILES string of the molecule is COc1ccc(C(c2ccc(O[C@@H]3O[C@H](C(=O)O)[C@@H](O)[C@H](O)[C@H]3O)c(O)c2)C(Cl)(Cl)Cl)cc1. The first-order valence-corrected chi connectivity index (χ1v) is 10.7. The fraction of sp³-hybridized carbons (Fsp3) is 0.381. The molecule has 9 nitrogen and oxygen atoms in total. The molecule has 1 unspecified atom stereocenters. The van der Waals surface area contributed by atoms with Gasteiger partial charge in [0.1, 0.15) is 24.1 Å². The van der Waals surface area contributed by atoms with Crippen molar-refractivity contribution in [1.82, 2.24) is 0 Å². The number of methoxy groups -OCH3 is 1. The summed E-state index contributed by atoms with van der Waals surface area (Å²) in [6, 6.07) is 10.9. The quantitative estimate of drug-likeness (QED) is 0.360. The molecular formula is C21H21Cl3O9. The second kappa shape index (κ2) is 10.1. The van der Waals surface area contributed by atoms with Crippen LogP contribution in [0.15, 0.2) is 42.5 Å². The Morgan fingerprint density at radius 1 is 1.00 bits per heavy atom. The number of carbonyl (C=O) groups is 1. The third-order valence-corrected chi connectivity index (χ3v) is 5.80. The number of hydrogen-bond acceptors (Lipinski definition) is 8. The molecule has 6 atom stereocenters. The van der Waals surface area contributed by atoms with E-state index in [-0.39, 0.29) is 5.75 Å². The van der Waals surface area contributed by atoms with Crippen molar-refractivity contribution in [3.8, 4) is 17.2 Å². The molecule has 0 amide bonds. The fourth-order valence-electron chi connectivity index (χ4n) is 3.45. The fourth-order valence-corrected chi connectivity index (χ4v) is 4.21. The molecule has 2 aromatic carbocycles. The van der Waals surface area contributed by atoms with Gasteiger partial charge in [-0.15, -0.1) is 0 Å². The van der Waals surface area contributed by atoms with Crippen LogP contribution in [-0.2, 0) is 9.53 Å². The minimum absolute atomic E-state index is 0.201. The number of hydrogen-bond donors (Lipinski definition) is 5. The van der Waals surface area contributed by atoms with Crippen molar-refractivity contribution in [1.29, 1.82) is 0 Å². The molecule has 1 fully saturated rings. The summed E-state index contributed by atoms with van der Waals surface area (Å²) in [7, 11) is 1.52. The van der Waals surface area contributed by atoms with Crippen LogP contribution in [0.25, 0.3) is 0 Å². The lowest BCUT2D eigenvalue weighted by molar-refractivity contribution is -0.271. The number of aliphatic carboxylic acids is 1. The molecule has 33 heavy (non-hydrogen) atoms. The molecule has 0 bridgehead atoms. The highest BCUT2D eigenvalue weighted by Crippen LogP contribution is 2.47. The molecule has 2 aromatic rings. The maximum absolute atomic E-state index is 11.2. The highest BCUT2D eigenvalue weighted by Gasteiger charge is 2.48. The van der Waals surface area contributed by atoms with Gasteiger partial charge in [-0.05, 0) is 35.4 Å². The minimum Gasteiger partial charge on any atom is -0.504 e. The van der Waals surface area contributed by atoms with E-state index in [0.717, 1.165) is 0 Å². The smallest absolute Gasteiger partial charge is 0.335 e. The standard InChI is InChI=1S/C21H21Cl3O9/c1-31-11-5-2-9(3-6-11)14(21(22,23)24)10-4-7-13(12(25)8-10)32-20-17(28)15(26)16(27)18(33-20)19(29)30/h2-8,14-18,20,25-28H,1H3,(H,29,30)/t14?,15-,16-,17+,18-,20+/m0/s1. The first-order chi connectivity index (χ1) is 15.4. The molecule has 0 aromatic heterocycles. The number of aromatic hydroxyl groups is 1. The van der Waals surface area contributed by atoms with Gasteiger partial charge in [0.05, 0.1) is 13.0 Å². The van der Waals surface area contributed by atoms with E-state index in [4.69, 9.17) is 54.1 Å². The highest BCUT2D eigenvalue weighted by atomic mass is 35.6. The Morgan fingerprint density at radius 2 is 1.61 bits per heavy atom. The van der Waals surface area contributed by atoms with E-state index < -0.39 is 52.1 Å². The predicted molar refractivity (Wildman–Crippen MR) is 118 cm³/mol. The van der Waals surface area contributed by atoms with Crippen LogP contribution >= 0.6 is 34.8 Å². The van der Waals surface area contributed by atoms with Crippen molar-refractivity contribution in [2.75, 3.05) is 7.11 Å². The maximum Gasteiger partial charge on any atom is 0.335 e. The van der Waals surface area contributed by atoms with Gasteiger partial charge in [0, 0.05) is 0 Å². The van der Waals surface area contributed by atoms with Crippen LogP contribution in [0.5, 0.6) is 17.2 Å². The molecule has 1 aliphatic rings. The average Bonchev–Trinajstić information content (AvgIpc) is 2.75. The zero-order chi connectivity index (χ0) is 24.5. The van der Waals surface area contributed by atoms with Gasteiger partial charge in [-0.25, -0.2) is 4.79 Å². The maximum atomic E-state index is 11.2. The summed E-state index contributed by atoms with van der Waals surface area (Å²) in [6.45, 7) is 0. The molecule has 180 valence electrons. The van der Waals surface area contributed by atoms with Crippen molar-refractivity contribution < 1.29 is 44.5 Å². The van der Waals surface area contributed by atoms with E-state index in [2.05, 4.69) is 0 Å². The van der Waals surface area contributed by atoms with Crippen LogP contribution < -0.4 is 9.47 Å². The summed E-state index contributed by atoms with van der Waals surface area (Å²) < 4.78 is 13.8. The second-order valence-corrected chi connectivity index (χ2v) is 9.70. The van der Waals surface area contributed by atoms with Gasteiger partial charge in [-0.3, -0.25) is 0 Å².